The van der Waals surface area contributed by atoms with Crippen molar-refractivity contribution in [3.8, 4) is 0 Å². The molecule has 1 aromatic rings. The number of amides is 2. The monoisotopic (exact) mass is 292 g/mol. The first-order valence-electron chi connectivity index (χ1n) is 6.34. The molecular weight excluding hydrogens is 276 g/mol. The van der Waals surface area contributed by atoms with Crippen molar-refractivity contribution in [1.82, 2.24) is 10.2 Å². The van der Waals surface area contributed by atoms with E-state index < -0.39 is 22.3 Å². The van der Waals surface area contributed by atoms with Crippen LogP contribution < -0.4 is 11.1 Å². The topological polar surface area (TPSA) is 119 Å². The first-order chi connectivity index (χ1) is 9.73. The summed E-state index contributed by atoms with van der Waals surface area (Å²) in [6.45, 7) is 3.57. The third-order valence-corrected chi connectivity index (χ3v) is 3.66. The zero-order valence-corrected chi connectivity index (χ0v) is 11.8. The third kappa shape index (κ3) is 2.70. The molecule has 0 atom stereocenters. The number of nitrogens with zero attached hydrogens (tertiary/aromatic N) is 2. The van der Waals surface area contributed by atoms with Gasteiger partial charge in [-0.1, -0.05) is 12.1 Å². The Morgan fingerprint density at radius 3 is 2.71 bits per heavy atom. The molecule has 1 aromatic carbocycles. The van der Waals surface area contributed by atoms with Crippen LogP contribution in [0.5, 0.6) is 0 Å². The van der Waals surface area contributed by atoms with Gasteiger partial charge in [0.2, 0.25) is 11.8 Å². The molecule has 0 saturated carbocycles. The highest BCUT2D eigenvalue weighted by atomic mass is 16.6. The summed E-state index contributed by atoms with van der Waals surface area (Å²) in [5, 5.41) is 13.2. The maximum Gasteiger partial charge on any atom is 0.292 e. The summed E-state index contributed by atoms with van der Waals surface area (Å²) in [6, 6.07) is 4.50. The number of hydrogen-bond donors (Lipinski definition) is 2. The molecular formula is C13H16N4O4. The van der Waals surface area contributed by atoms with Crippen molar-refractivity contribution >= 4 is 23.2 Å². The molecule has 3 N–H and O–H groups in total. The van der Waals surface area contributed by atoms with E-state index in [-0.39, 0.29) is 24.5 Å². The van der Waals surface area contributed by atoms with Crippen LogP contribution in [0.2, 0.25) is 0 Å². The number of nitrogen functional groups attached to an aromatic ring is 1. The first-order valence-corrected chi connectivity index (χ1v) is 6.34. The number of piperazine rings is 1. The number of rotatable bonds is 3. The molecule has 1 saturated heterocycles. The fourth-order valence-electron chi connectivity index (χ4n) is 2.19. The zero-order chi connectivity index (χ0) is 15.8. The van der Waals surface area contributed by atoms with Gasteiger partial charge < -0.3 is 5.73 Å². The van der Waals surface area contributed by atoms with Crippen molar-refractivity contribution in [2.45, 2.75) is 25.9 Å². The second-order valence-electron chi connectivity index (χ2n) is 5.40. The van der Waals surface area contributed by atoms with Gasteiger partial charge in [0.25, 0.3) is 5.69 Å². The highest BCUT2D eigenvalue weighted by molar-refractivity contribution is 6.02. The van der Waals surface area contributed by atoms with Gasteiger partial charge in [-0.15, -0.1) is 0 Å². The number of nitrogens with one attached hydrogen (secondary N) is 1. The molecule has 0 unspecified atom stereocenters. The second kappa shape index (κ2) is 5.13. The molecule has 2 amide bonds. The number of benzene rings is 1. The Kier molecular flexibility index (Phi) is 3.65. The van der Waals surface area contributed by atoms with Crippen molar-refractivity contribution in [2.24, 2.45) is 0 Å². The Morgan fingerprint density at radius 2 is 2.10 bits per heavy atom. The van der Waals surface area contributed by atoms with E-state index in [1.165, 1.54) is 12.1 Å². The van der Waals surface area contributed by atoms with Crippen molar-refractivity contribution in [3.05, 3.63) is 33.9 Å². The number of hydrogen-bond acceptors (Lipinski definition) is 6. The summed E-state index contributed by atoms with van der Waals surface area (Å²) in [5.41, 5.74) is 5.29. The Morgan fingerprint density at radius 1 is 1.43 bits per heavy atom. The quantitative estimate of drug-likeness (QED) is 0.360. The lowest BCUT2D eigenvalue weighted by Gasteiger charge is -2.40. The minimum absolute atomic E-state index is 0.0286. The number of carbonyl (C=O) groups excluding carboxylic acids is 2. The highest BCUT2D eigenvalue weighted by Gasteiger charge is 2.41. The molecule has 1 fully saturated rings. The summed E-state index contributed by atoms with van der Waals surface area (Å²) in [7, 11) is 0. The summed E-state index contributed by atoms with van der Waals surface area (Å²) < 4.78 is 0. The smallest absolute Gasteiger partial charge is 0.292 e. The van der Waals surface area contributed by atoms with Crippen LogP contribution in [-0.4, -0.2) is 33.7 Å². The van der Waals surface area contributed by atoms with Gasteiger partial charge in [-0.3, -0.25) is 29.9 Å². The summed E-state index contributed by atoms with van der Waals surface area (Å²) in [5.74, 6) is -0.800. The van der Waals surface area contributed by atoms with E-state index in [9.17, 15) is 19.7 Å². The molecule has 1 heterocycles. The van der Waals surface area contributed by atoms with Gasteiger partial charge in [-0.2, -0.15) is 0 Å². The molecule has 0 bridgehead atoms. The lowest BCUT2D eigenvalue weighted by molar-refractivity contribution is -0.384. The normalized spacial score (nSPS) is 18.4. The number of imide groups is 1. The van der Waals surface area contributed by atoms with E-state index in [1.54, 1.807) is 24.8 Å². The average Bonchev–Trinajstić information content (AvgIpc) is 2.38. The Labute approximate surface area is 121 Å². The van der Waals surface area contributed by atoms with Gasteiger partial charge in [0, 0.05) is 12.6 Å². The molecule has 8 heteroatoms. The van der Waals surface area contributed by atoms with E-state index in [1.807, 2.05) is 0 Å². The predicted octanol–water partition coefficient (Wildman–Crippen LogP) is 0.414. The van der Waals surface area contributed by atoms with Gasteiger partial charge >= 0.3 is 0 Å². The van der Waals surface area contributed by atoms with E-state index in [2.05, 4.69) is 5.32 Å². The van der Waals surface area contributed by atoms with E-state index >= 15 is 0 Å². The van der Waals surface area contributed by atoms with Crippen molar-refractivity contribution < 1.29 is 14.5 Å². The van der Waals surface area contributed by atoms with Crippen molar-refractivity contribution in [1.29, 1.82) is 0 Å². The summed E-state index contributed by atoms with van der Waals surface area (Å²) in [6.07, 6.45) is 0. The third-order valence-electron chi connectivity index (χ3n) is 3.66. The molecule has 0 aliphatic carbocycles. The van der Waals surface area contributed by atoms with Crippen LogP contribution >= 0.6 is 0 Å². The molecule has 112 valence electrons. The lowest BCUT2D eigenvalue weighted by Crippen LogP contribution is -2.63. The standard InChI is InChI=1S/C13H16N4O4/c1-13(2)12(19)15-10(18)7-16(13)6-8-4-3-5-9(11(8)14)17(20)21/h3-5H,6-7,14H2,1-2H3,(H,15,18,19). The van der Waals surface area contributed by atoms with Crippen LogP contribution in [0, 0.1) is 10.1 Å². The fraction of sp³-hybridized carbons (Fsp3) is 0.385. The number of anilines is 1. The Bertz CT molecular complexity index is 627. The molecule has 0 radical (unpaired) electrons. The number of para-hydroxylation sites is 1. The first kappa shape index (κ1) is 14.9. The van der Waals surface area contributed by atoms with E-state index in [4.69, 9.17) is 5.73 Å². The summed E-state index contributed by atoms with van der Waals surface area (Å²) in [4.78, 5) is 35.4. The van der Waals surface area contributed by atoms with Gasteiger partial charge in [-0.05, 0) is 19.4 Å². The highest BCUT2D eigenvalue weighted by Crippen LogP contribution is 2.28. The summed E-state index contributed by atoms with van der Waals surface area (Å²) >= 11 is 0. The number of nitrogens with two attached hydrogens (primary N) is 1. The Hall–Kier alpha value is -2.48. The molecule has 0 spiro atoms. The zero-order valence-electron chi connectivity index (χ0n) is 11.8. The Balaban J connectivity index is 2.33. The second-order valence-corrected chi connectivity index (χ2v) is 5.40. The van der Waals surface area contributed by atoms with E-state index in [0.717, 1.165) is 0 Å². The van der Waals surface area contributed by atoms with Crippen molar-refractivity contribution in [2.75, 3.05) is 12.3 Å². The molecule has 8 nitrogen and oxygen atoms in total. The lowest BCUT2D eigenvalue weighted by atomic mass is 9.97. The molecule has 0 aromatic heterocycles. The predicted molar refractivity (Wildman–Crippen MR) is 75.1 cm³/mol. The number of carbonyl (C=O) groups is 2. The van der Waals surface area contributed by atoms with Crippen LogP contribution in [-0.2, 0) is 16.1 Å². The SMILES string of the molecule is CC1(C)C(=O)NC(=O)CN1Cc1cccc([N+](=O)[O-])c1N. The fourth-order valence-corrected chi connectivity index (χ4v) is 2.19. The van der Waals surface area contributed by atoms with Gasteiger partial charge in [0.15, 0.2) is 0 Å². The minimum atomic E-state index is -0.898. The van der Waals surface area contributed by atoms with E-state index in [0.29, 0.717) is 5.56 Å². The maximum atomic E-state index is 11.9. The largest absolute Gasteiger partial charge is 0.393 e. The minimum Gasteiger partial charge on any atom is -0.393 e. The van der Waals surface area contributed by atoms with Crippen LogP contribution in [0.15, 0.2) is 18.2 Å². The number of nitro benzene ring substituents is 1. The maximum absolute atomic E-state index is 11.9. The average molecular weight is 292 g/mol. The molecule has 21 heavy (non-hydrogen) atoms. The van der Waals surface area contributed by atoms with Gasteiger partial charge in [0.05, 0.1) is 17.0 Å². The molecule has 1 aliphatic heterocycles. The van der Waals surface area contributed by atoms with Gasteiger partial charge in [-0.25, -0.2) is 0 Å². The van der Waals surface area contributed by atoms with Crippen LogP contribution in [0.3, 0.4) is 0 Å². The van der Waals surface area contributed by atoms with Gasteiger partial charge in [0.1, 0.15) is 5.69 Å². The van der Waals surface area contributed by atoms with Crippen LogP contribution in [0.4, 0.5) is 11.4 Å². The van der Waals surface area contributed by atoms with Crippen LogP contribution in [0.1, 0.15) is 19.4 Å². The molecule has 2 rings (SSSR count). The molecule has 1 aliphatic rings. The number of nitro groups is 1. The van der Waals surface area contributed by atoms with Crippen LogP contribution in [0.25, 0.3) is 0 Å². The van der Waals surface area contributed by atoms with Crippen molar-refractivity contribution in [3.63, 3.8) is 0 Å².